The standard InChI is InChI=1S/C29H34N8O2/c1-21(22-11-13-23(14-12-22)29(39)34-26-9-4-5-15-32-26)33-28(36-19-16-31-25(30)20-36)24-8-6-18-37(24)27(38)10-7-17-35(2)3/h4-5,7,9-16,19,24H,1,6,8,17-18,20H2,2-3H3,(H2,30,31)(H,32,34,39)/b10-7+,33-28-/t24-/m0/s1. The van der Waals surface area contributed by atoms with E-state index in [0.29, 0.717) is 48.4 Å². The number of hydrogen-bond acceptors (Lipinski definition) is 7. The van der Waals surface area contributed by atoms with Crippen LogP contribution in [0.4, 0.5) is 5.82 Å². The van der Waals surface area contributed by atoms with Gasteiger partial charge in [0, 0.05) is 43.3 Å². The first-order valence-corrected chi connectivity index (χ1v) is 12.8. The SMILES string of the molecule is C=C(/N=C(/[C@@H]1CCCN1C(=O)/C=C/CN(C)C)N1C=CN=C(N)C1)c1ccc(C(=O)Nc2ccccn2)cc1. The van der Waals surface area contributed by atoms with Gasteiger partial charge in [0.1, 0.15) is 17.5 Å². The molecular formula is C29H34N8O2. The van der Waals surface area contributed by atoms with Gasteiger partial charge >= 0.3 is 0 Å². The molecule has 10 heteroatoms. The normalized spacial score (nSPS) is 17.6. The van der Waals surface area contributed by atoms with E-state index in [-0.39, 0.29) is 17.9 Å². The highest BCUT2D eigenvalue weighted by Crippen LogP contribution is 2.25. The third kappa shape index (κ3) is 7.26. The van der Waals surface area contributed by atoms with Crippen LogP contribution in [0.2, 0.25) is 0 Å². The maximum absolute atomic E-state index is 13.1. The number of likely N-dealkylation sites (N-methyl/N-ethyl adjacent to an activating group) is 1. The summed E-state index contributed by atoms with van der Waals surface area (Å²) in [6, 6.07) is 12.1. The van der Waals surface area contributed by atoms with Crippen molar-refractivity contribution in [2.24, 2.45) is 15.7 Å². The number of amidine groups is 2. The van der Waals surface area contributed by atoms with Crippen molar-refractivity contribution in [1.82, 2.24) is 19.7 Å². The molecule has 2 amide bonds. The Hall–Kier alpha value is -4.57. The Labute approximate surface area is 228 Å². The van der Waals surface area contributed by atoms with Crippen LogP contribution < -0.4 is 11.1 Å². The zero-order valence-electron chi connectivity index (χ0n) is 22.3. The lowest BCUT2D eigenvalue weighted by molar-refractivity contribution is -0.125. The van der Waals surface area contributed by atoms with E-state index in [2.05, 4.69) is 21.9 Å². The van der Waals surface area contributed by atoms with Crippen LogP contribution in [0.3, 0.4) is 0 Å². The van der Waals surface area contributed by atoms with Gasteiger partial charge in [-0.05, 0) is 56.8 Å². The molecule has 0 aliphatic carbocycles. The molecule has 0 saturated carbocycles. The van der Waals surface area contributed by atoms with E-state index in [0.717, 1.165) is 18.4 Å². The molecule has 0 bridgehead atoms. The minimum Gasteiger partial charge on any atom is -0.386 e. The van der Waals surface area contributed by atoms with Gasteiger partial charge in [-0.15, -0.1) is 0 Å². The molecular weight excluding hydrogens is 492 g/mol. The molecule has 2 aromatic rings. The predicted octanol–water partition coefficient (Wildman–Crippen LogP) is 2.96. The number of carbonyl (C=O) groups is 2. The van der Waals surface area contributed by atoms with Gasteiger partial charge in [-0.1, -0.05) is 30.9 Å². The van der Waals surface area contributed by atoms with Crippen LogP contribution in [0.5, 0.6) is 0 Å². The van der Waals surface area contributed by atoms with Gasteiger partial charge in [-0.25, -0.2) is 15.0 Å². The monoisotopic (exact) mass is 526 g/mol. The molecule has 1 aromatic carbocycles. The fourth-order valence-electron chi connectivity index (χ4n) is 4.37. The number of likely N-dealkylation sites (tertiary alicyclic amines) is 1. The summed E-state index contributed by atoms with van der Waals surface area (Å²) in [6.45, 7) is 5.88. The van der Waals surface area contributed by atoms with Crippen molar-refractivity contribution in [2.75, 3.05) is 39.0 Å². The molecule has 202 valence electrons. The molecule has 1 aromatic heterocycles. The number of benzene rings is 1. The highest BCUT2D eigenvalue weighted by Gasteiger charge is 2.34. The van der Waals surface area contributed by atoms with E-state index in [4.69, 9.17) is 10.7 Å². The Morgan fingerprint density at radius 2 is 1.97 bits per heavy atom. The van der Waals surface area contributed by atoms with Crippen molar-refractivity contribution in [3.63, 3.8) is 0 Å². The molecule has 3 N–H and O–H groups in total. The molecule has 2 aliphatic rings. The van der Waals surface area contributed by atoms with Crippen molar-refractivity contribution in [3.05, 3.63) is 90.9 Å². The first-order chi connectivity index (χ1) is 18.8. The maximum atomic E-state index is 13.1. The number of pyridine rings is 1. The van der Waals surface area contributed by atoms with Gasteiger partial charge in [0.15, 0.2) is 0 Å². The number of rotatable bonds is 8. The van der Waals surface area contributed by atoms with Crippen LogP contribution in [0, 0.1) is 0 Å². The Bertz CT molecular complexity index is 1310. The molecule has 0 spiro atoms. The molecule has 4 rings (SSSR count). The van der Waals surface area contributed by atoms with Crippen LogP contribution >= 0.6 is 0 Å². The molecule has 2 aliphatic heterocycles. The van der Waals surface area contributed by atoms with Gasteiger partial charge < -0.3 is 25.8 Å². The number of hydrogen-bond donors (Lipinski definition) is 2. The summed E-state index contributed by atoms with van der Waals surface area (Å²) < 4.78 is 0. The van der Waals surface area contributed by atoms with Crippen molar-refractivity contribution < 1.29 is 9.59 Å². The van der Waals surface area contributed by atoms with Crippen molar-refractivity contribution in [1.29, 1.82) is 0 Å². The van der Waals surface area contributed by atoms with Crippen molar-refractivity contribution in [3.8, 4) is 0 Å². The lowest BCUT2D eigenvalue weighted by Gasteiger charge is -2.32. The molecule has 1 atom stereocenters. The van der Waals surface area contributed by atoms with E-state index < -0.39 is 0 Å². The molecule has 0 unspecified atom stereocenters. The van der Waals surface area contributed by atoms with Gasteiger partial charge in [0.2, 0.25) is 5.91 Å². The molecule has 10 nitrogen and oxygen atoms in total. The fraction of sp³-hybridized carbons (Fsp3) is 0.276. The summed E-state index contributed by atoms with van der Waals surface area (Å²) >= 11 is 0. The average molecular weight is 527 g/mol. The van der Waals surface area contributed by atoms with Crippen LogP contribution in [0.15, 0.2) is 89.8 Å². The summed E-state index contributed by atoms with van der Waals surface area (Å²) in [4.78, 5) is 44.7. The van der Waals surface area contributed by atoms with Crippen molar-refractivity contribution in [2.45, 2.75) is 18.9 Å². The summed E-state index contributed by atoms with van der Waals surface area (Å²) in [7, 11) is 3.91. The van der Waals surface area contributed by atoms with E-state index in [9.17, 15) is 9.59 Å². The highest BCUT2D eigenvalue weighted by atomic mass is 16.2. The largest absolute Gasteiger partial charge is 0.386 e. The lowest BCUT2D eigenvalue weighted by Crippen LogP contribution is -2.48. The number of carbonyl (C=O) groups excluding carboxylic acids is 2. The van der Waals surface area contributed by atoms with Crippen molar-refractivity contribution >= 4 is 35.0 Å². The summed E-state index contributed by atoms with van der Waals surface area (Å²) in [5.41, 5.74) is 7.79. The molecule has 1 saturated heterocycles. The van der Waals surface area contributed by atoms with Crippen LogP contribution in [0.1, 0.15) is 28.8 Å². The summed E-state index contributed by atoms with van der Waals surface area (Å²) in [6.07, 6.45) is 10.2. The second-order valence-electron chi connectivity index (χ2n) is 9.56. The quantitative estimate of drug-likeness (QED) is 0.310. The number of amides is 2. The van der Waals surface area contributed by atoms with E-state index in [1.165, 1.54) is 0 Å². The van der Waals surface area contributed by atoms with E-state index in [1.54, 1.807) is 60.9 Å². The summed E-state index contributed by atoms with van der Waals surface area (Å²) in [5, 5.41) is 2.78. The first kappa shape index (κ1) is 27.5. The van der Waals surface area contributed by atoms with Gasteiger partial charge in [0.05, 0.1) is 18.3 Å². The number of anilines is 1. The number of nitrogens with one attached hydrogen (secondary N) is 1. The smallest absolute Gasteiger partial charge is 0.256 e. The second-order valence-corrected chi connectivity index (χ2v) is 9.56. The number of aromatic nitrogens is 1. The van der Waals surface area contributed by atoms with E-state index >= 15 is 0 Å². The van der Waals surface area contributed by atoms with Gasteiger partial charge in [-0.2, -0.15) is 0 Å². The minimum atomic E-state index is -0.259. The fourth-order valence-corrected chi connectivity index (χ4v) is 4.37. The minimum absolute atomic E-state index is 0.0523. The van der Waals surface area contributed by atoms with E-state index in [1.807, 2.05) is 41.1 Å². The molecule has 3 heterocycles. The second kappa shape index (κ2) is 12.8. The number of aliphatic imine (C=N–C) groups is 2. The van der Waals surface area contributed by atoms with Crippen LogP contribution in [-0.2, 0) is 4.79 Å². The zero-order chi connectivity index (χ0) is 27.8. The molecule has 1 fully saturated rings. The van der Waals surface area contributed by atoms with Crippen LogP contribution in [-0.4, -0.2) is 82.9 Å². The molecule has 0 radical (unpaired) electrons. The lowest BCUT2D eigenvalue weighted by atomic mass is 10.1. The Morgan fingerprint density at radius 1 is 1.21 bits per heavy atom. The Morgan fingerprint density at radius 3 is 2.67 bits per heavy atom. The first-order valence-electron chi connectivity index (χ1n) is 12.8. The third-order valence-corrected chi connectivity index (χ3v) is 6.31. The zero-order valence-corrected chi connectivity index (χ0v) is 22.3. The van der Waals surface area contributed by atoms with Gasteiger partial charge in [0.25, 0.3) is 5.91 Å². The Kier molecular flexibility index (Phi) is 9.01. The molecule has 39 heavy (non-hydrogen) atoms. The summed E-state index contributed by atoms with van der Waals surface area (Å²) in [5.74, 6) is 1.31. The maximum Gasteiger partial charge on any atom is 0.256 e. The Balaban J connectivity index is 1.55. The number of nitrogens with two attached hydrogens (primary N) is 1. The third-order valence-electron chi connectivity index (χ3n) is 6.31. The number of nitrogens with zero attached hydrogens (tertiary/aromatic N) is 6. The van der Waals surface area contributed by atoms with Crippen LogP contribution in [0.25, 0.3) is 5.70 Å². The average Bonchev–Trinajstić information content (AvgIpc) is 3.42. The predicted molar refractivity (Wildman–Crippen MR) is 155 cm³/mol. The topological polar surface area (TPSA) is 120 Å². The van der Waals surface area contributed by atoms with Gasteiger partial charge in [-0.3, -0.25) is 9.59 Å². The highest BCUT2D eigenvalue weighted by molar-refractivity contribution is 6.04.